The number of hydrogen-bond donors (Lipinski definition) is 2. The molecule has 92 valence electrons. The van der Waals surface area contributed by atoms with Gasteiger partial charge in [0, 0.05) is 25.0 Å². The summed E-state index contributed by atoms with van der Waals surface area (Å²) < 4.78 is 13.0. The Morgan fingerprint density at radius 3 is 3.06 bits per heavy atom. The zero-order valence-electron chi connectivity index (χ0n) is 9.87. The predicted octanol–water partition coefficient (Wildman–Crippen LogP) is 1.75. The van der Waals surface area contributed by atoms with Gasteiger partial charge in [-0.15, -0.1) is 0 Å². The van der Waals surface area contributed by atoms with E-state index in [0.717, 1.165) is 18.5 Å². The lowest BCUT2D eigenvalue weighted by Gasteiger charge is -2.17. The highest BCUT2D eigenvalue weighted by Gasteiger charge is 2.20. The van der Waals surface area contributed by atoms with E-state index in [9.17, 15) is 9.18 Å². The van der Waals surface area contributed by atoms with Crippen molar-refractivity contribution in [3.05, 3.63) is 35.6 Å². The van der Waals surface area contributed by atoms with Gasteiger partial charge in [0.1, 0.15) is 5.82 Å². The van der Waals surface area contributed by atoms with Crippen molar-refractivity contribution in [3.63, 3.8) is 0 Å². The maximum absolute atomic E-state index is 13.0. The zero-order valence-corrected chi connectivity index (χ0v) is 9.87. The van der Waals surface area contributed by atoms with Gasteiger partial charge < -0.3 is 10.6 Å². The third-order valence-corrected chi connectivity index (χ3v) is 3.10. The highest BCUT2D eigenvalue weighted by molar-refractivity contribution is 5.78. The molecule has 1 heterocycles. The Hall–Kier alpha value is -1.42. The SMILES string of the molecule is CC(NCC1CCC(=O)N1)c1cccc(F)c1. The predicted molar refractivity (Wildman–Crippen MR) is 64.0 cm³/mol. The van der Waals surface area contributed by atoms with Gasteiger partial charge in [-0.2, -0.15) is 0 Å². The quantitative estimate of drug-likeness (QED) is 0.836. The summed E-state index contributed by atoms with van der Waals surface area (Å²) >= 11 is 0. The Morgan fingerprint density at radius 2 is 2.41 bits per heavy atom. The van der Waals surface area contributed by atoms with E-state index in [0.29, 0.717) is 6.42 Å². The van der Waals surface area contributed by atoms with Crippen LogP contribution in [-0.2, 0) is 4.79 Å². The van der Waals surface area contributed by atoms with Gasteiger partial charge in [-0.05, 0) is 31.0 Å². The zero-order chi connectivity index (χ0) is 12.3. The first kappa shape index (κ1) is 12.0. The Kier molecular flexibility index (Phi) is 3.74. The maximum Gasteiger partial charge on any atom is 0.220 e. The molecule has 4 heteroatoms. The lowest BCUT2D eigenvalue weighted by molar-refractivity contribution is -0.119. The van der Waals surface area contributed by atoms with E-state index in [-0.39, 0.29) is 23.8 Å². The molecule has 2 N–H and O–H groups in total. The largest absolute Gasteiger partial charge is 0.352 e. The number of rotatable bonds is 4. The first-order valence-corrected chi connectivity index (χ1v) is 5.93. The summed E-state index contributed by atoms with van der Waals surface area (Å²) in [5.74, 6) is -0.0967. The van der Waals surface area contributed by atoms with E-state index in [1.54, 1.807) is 6.07 Å². The average Bonchev–Trinajstić information content (AvgIpc) is 2.72. The Bertz CT molecular complexity index is 408. The van der Waals surface area contributed by atoms with Crippen molar-refractivity contribution >= 4 is 5.91 Å². The molecule has 1 saturated heterocycles. The first-order valence-electron chi connectivity index (χ1n) is 5.93. The summed E-state index contributed by atoms with van der Waals surface area (Å²) in [6.45, 7) is 2.72. The van der Waals surface area contributed by atoms with Crippen LogP contribution in [0.2, 0.25) is 0 Å². The lowest BCUT2D eigenvalue weighted by Crippen LogP contribution is -2.36. The molecule has 1 aliphatic heterocycles. The van der Waals surface area contributed by atoms with E-state index in [2.05, 4.69) is 10.6 Å². The molecule has 1 aromatic rings. The standard InChI is InChI=1S/C13H17FN2O/c1-9(10-3-2-4-11(14)7-10)15-8-12-5-6-13(17)16-12/h2-4,7,9,12,15H,5-6,8H2,1H3,(H,16,17). The molecule has 0 aliphatic carbocycles. The van der Waals surface area contributed by atoms with Gasteiger partial charge in [-0.3, -0.25) is 4.79 Å². The molecular formula is C13H17FN2O. The molecule has 0 spiro atoms. The van der Waals surface area contributed by atoms with Crippen LogP contribution in [0, 0.1) is 5.82 Å². The van der Waals surface area contributed by atoms with Crippen molar-refractivity contribution < 1.29 is 9.18 Å². The molecule has 1 aromatic carbocycles. The van der Waals surface area contributed by atoms with Gasteiger partial charge in [0.05, 0.1) is 0 Å². The van der Waals surface area contributed by atoms with Crippen LogP contribution < -0.4 is 10.6 Å². The number of carbonyl (C=O) groups is 1. The highest BCUT2D eigenvalue weighted by atomic mass is 19.1. The highest BCUT2D eigenvalue weighted by Crippen LogP contribution is 2.14. The molecule has 0 aromatic heterocycles. The summed E-state index contributed by atoms with van der Waals surface area (Å²) in [4.78, 5) is 11.0. The van der Waals surface area contributed by atoms with Crippen molar-refractivity contribution in [2.75, 3.05) is 6.54 Å². The van der Waals surface area contributed by atoms with E-state index in [1.165, 1.54) is 12.1 Å². The van der Waals surface area contributed by atoms with Crippen LogP contribution >= 0.6 is 0 Å². The second kappa shape index (κ2) is 5.27. The second-order valence-corrected chi connectivity index (χ2v) is 4.49. The number of hydrogen-bond acceptors (Lipinski definition) is 2. The van der Waals surface area contributed by atoms with Crippen LogP contribution in [0.4, 0.5) is 4.39 Å². The molecule has 3 nitrogen and oxygen atoms in total. The number of halogens is 1. The number of carbonyl (C=O) groups excluding carboxylic acids is 1. The van der Waals surface area contributed by atoms with Crippen LogP contribution in [0.5, 0.6) is 0 Å². The van der Waals surface area contributed by atoms with E-state index < -0.39 is 0 Å². The fourth-order valence-electron chi connectivity index (χ4n) is 2.04. The third-order valence-electron chi connectivity index (χ3n) is 3.10. The third kappa shape index (κ3) is 3.27. The summed E-state index contributed by atoms with van der Waals surface area (Å²) in [5.41, 5.74) is 0.925. The Morgan fingerprint density at radius 1 is 1.59 bits per heavy atom. The Labute approximate surface area is 100 Å². The fraction of sp³-hybridized carbons (Fsp3) is 0.462. The van der Waals surface area contributed by atoms with Crippen LogP contribution in [0.15, 0.2) is 24.3 Å². The van der Waals surface area contributed by atoms with Crippen LogP contribution in [0.1, 0.15) is 31.4 Å². The minimum atomic E-state index is -0.217. The minimum Gasteiger partial charge on any atom is -0.352 e. The maximum atomic E-state index is 13.0. The van der Waals surface area contributed by atoms with Gasteiger partial charge in [-0.1, -0.05) is 12.1 Å². The Balaban J connectivity index is 1.85. The molecule has 0 bridgehead atoms. The van der Waals surface area contributed by atoms with Crippen LogP contribution in [0.3, 0.4) is 0 Å². The van der Waals surface area contributed by atoms with Crippen molar-refractivity contribution in [1.29, 1.82) is 0 Å². The number of amides is 1. The summed E-state index contributed by atoms with van der Waals surface area (Å²) in [6, 6.07) is 6.87. The molecule has 2 rings (SSSR count). The van der Waals surface area contributed by atoms with Gasteiger partial charge in [-0.25, -0.2) is 4.39 Å². The van der Waals surface area contributed by atoms with Gasteiger partial charge >= 0.3 is 0 Å². The smallest absolute Gasteiger partial charge is 0.220 e. The van der Waals surface area contributed by atoms with Gasteiger partial charge in [0.15, 0.2) is 0 Å². The van der Waals surface area contributed by atoms with E-state index >= 15 is 0 Å². The summed E-state index contributed by atoms with van der Waals surface area (Å²) in [7, 11) is 0. The first-order chi connectivity index (χ1) is 8.15. The summed E-state index contributed by atoms with van der Waals surface area (Å²) in [6.07, 6.45) is 1.49. The number of benzene rings is 1. The average molecular weight is 236 g/mol. The minimum absolute atomic E-state index is 0.0863. The topological polar surface area (TPSA) is 41.1 Å². The van der Waals surface area contributed by atoms with Crippen molar-refractivity contribution in [1.82, 2.24) is 10.6 Å². The summed E-state index contributed by atoms with van der Waals surface area (Å²) in [5, 5.41) is 6.20. The van der Waals surface area contributed by atoms with Gasteiger partial charge in [0.2, 0.25) is 5.91 Å². The normalized spacial score (nSPS) is 21.3. The molecule has 1 aliphatic rings. The lowest BCUT2D eigenvalue weighted by atomic mass is 10.1. The second-order valence-electron chi connectivity index (χ2n) is 4.49. The van der Waals surface area contributed by atoms with Crippen LogP contribution in [-0.4, -0.2) is 18.5 Å². The van der Waals surface area contributed by atoms with Crippen molar-refractivity contribution in [3.8, 4) is 0 Å². The molecule has 2 unspecified atom stereocenters. The molecular weight excluding hydrogens is 219 g/mol. The molecule has 2 atom stereocenters. The molecule has 0 saturated carbocycles. The fourth-order valence-corrected chi connectivity index (χ4v) is 2.04. The van der Waals surface area contributed by atoms with Crippen molar-refractivity contribution in [2.24, 2.45) is 0 Å². The monoisotopic (exact) mass is 236 g/mol. The van der Waals surface area contributed by atoms with Crippen molar-refractivity contribution in [2.45, 2.75) is 31.8 Å². The van der Waals surface area contributed by atoms with Gasteiger partial charge in [0.25, 0.3) is 0 Å². The van der Waals surface area contributed by atoms with E-state index in [1.807, 2.05) is 13.0 Å². The molecule has 1 fully saturated rings. The molecule has 1 amide bonds. The van der Waals surface area contributed by atoms with E-state index in [4.69, 9.17) is 0 Å². The molecule has 0 radical (unpaired) electrons. The molecule has 17 heavy (non-hydrogen) atoms. The van der Waals surface area contributed by atoms with Crippen LogP contribution in [0.25, 0.3) is 0 Å². The number of nitrogens with one attached hydrogen (secondary N) is 2.